The highest BCUT2D eigenvalue weighted by Gasteiger charge is 2.14. The summed E-state index contributed by atoms with van der Waals surface area (Å²) in [7, 11) is 0. The van der Waals surface area contributed by atoms with Crippen LogP contribution in [-0.4, -0.2) is 4.92 Å². The van der Waals surface area contributed by atoms with Crippen LogP contribution in [0, 0.1) is 21.7 Å². The van der Waals surface area contributed by atoms with Crippen molar-refractivity contribution in [3.05, 3.63) is 62.1 Å². The maximum Gasteiger partial charge on any atom is 0.290 e. The number of nitro groups is 1. The summed E-state index contributed by atoms with van der Waals surface area (Å²) in [5, 5.41) is 10.3. The number of nitro benzene ring substituents is 1. The SMILES string of the molecule is Nc1cc([N+](=O)[O-])c(Cl)cc1F.Nc1ccc(Cl)cc1F. The van der Waals surface area contributed by atoms with Gasteiger partial charge in [-0.05, 0) is 18.2 Å². The molecule has 0 aliphatic rings. The average molecular weight is 336 g/mol. The maximum absolute atomic E-state index is 12.6. The maximum atomic E-state index is 12.6. The predicted octanol–water partition coefficient (Wildman–Crippen LogP) is 4.03. The molecule has 0 aliphatic heterocycles. The summed E-state index contributed by atoms with van der Waals surface area (Å²) in [5.41, 5.74) is 9.69. The van der Waals surface area contributed by atoms with E-state index in [0.717, 1.165) is 12.1 Å². The van der Waals surface area contributed by atoms with Crippen molar-refractivity contribution >= 4 is 40.3 Å². The van der Waals surface area contributed by atoms with Crippen LogP contribution in [0.2, 0.25) is 10.0 Å². The molecule has 0 fully saturated rings. The quantitative estimate of drug-likeness (QED) is 0.467. The van der Waals surface area contributed by atoms with Crippen molar-refractivity contribution < 1.29 is 13.7 Å². The van der Waals surface area contributed by atoms with Crippen LogP contribution in [0.5, 0.6) is 0 Å². The molecule has 2 aromatic rings. The molecule has 0 aromatic heterocycles. The molecule has 0 amide bonds. The summed E-state index contributed by atoms with van der Waals surface area (Å²) in [6.45, 7) is 0. The highest BCUT2D eigenvalue weighted by molar-refractivity contribution is 6.32. The van der Waals surface area contributed by atoms with Gasteiger partial charge < -0.3 is 11.5 Å². The molecule has 112 valence electrons. The van der Waals surface area contributed by atoms with Crippen molar-refractivity contribution in [1.82, 2.24) is 0 Å². The Kier molecular flexibility index (Phi) is 5.69. The van der Waals surface area contributed by atoms with Gasteiger partial charge in [0.05, 0.1) is 16.3 Å². The van der Waals surface area contributed by atoms with E-state index in [9.17, 15) is 18.9 Å². The number of rotatable bonds is 1. The van der Waals surface area contributed by atoms with Gasteiger partial charge in [-0.3, -0.25) is 10.1 Å². The first-order chi connectivity index (χ1) is 9.72. The molecule has 0 saturated heterocycles. The van der Waals surface area contributed by atoms with Gasteiger partial charge in [-0.2, -0.15) is 0 Å². The molecule has 21 heavy (non-hydrogen) atoms. The van der Waals surface area contributed by atoms with E-state index >= 15 is 0 Å². The zero-order chi connectivity index (χ0) is 16.2. The van der Waals surface area contributed by atoms with E-state index in [1.165, 1.54) is 12.1 Å². The van der Waals surface area contributed by atoms with Gasteiger partial charge in [0.1, 0.15) is 16.7 Å². The van der Waals surface area contributed by atoms with Crippen LogP contribution in [0.15, 0.2) is 30.3 Å². The molecule has 9 heteroatoms. The van der Waals surface area contributed by atoms with Crippen LogP contribution in [0.4, 0.5) is 25.8 Å². The first-order valence-electron chi connectivity index (χ1n) is 5.31. The standard InChI is InChI=1S/C6H4ClFN2O2.C6H5ClFN/c7-3-1-4(8)5(9)2-6(3)10(11)12;7-4-1-2-6(9)5(8)3-4/h1-2H,9H2;1-3H,9H2. The first kappa shape index (κ1) is 16.9. The van der Waals surface area contributed by atoms with Crippen molar-refractivity contribution in [3.8, 4) is 0 Å². The van der Waals surface area contributed by atoms with E-state index in [4.69, 9.17) is 34.7 Å². The molecule has 0 radical (unpaired) electrons. The number of hydrogen-bond acceptors (Lipinski definition) is 4. The molecule has 0 spiro atoms. The number of nitrogens with two attached hydrogens (primary N) is 2. The summed E-state index contributed by atoms with van der Waals surface area (Å²) in [4.78, 5) is 9.50. The van der Waals surface area contributed by atoms with Gasteiger partial charge in [0.2, 0.25) is 0 Å². The summed E-state index contributed by atoms with van der Waals surface area (Å²) in [6, 6.07) is 5.85. The fourth-order valence-electron chi connectivity index (χ4n) is 1.20. The van der Waals surface area contributed by atoms with E-state index < -0.39 is 22.2 Å². The lowest BCUT2D eigenvalue weighted by atomic mass is 10.3. The monoisotopic (exact) mass is 335 g/mol. The highest BCUT2D eigenvalue weighted by atomic mass is 35.5. The second-order valence-corrected chi connectivity index (χ2v) is 4.59. The van der Waals surface area contributed by atoms with E-state index in [2.05, 4.69) is 0 Å². The summed E-state index contributed by atoms with van der Waals surface area (Å²) in [5.74, 6) is -1.23. The third-order valence-corrected chi connectivity index (χ3v) is 2.76. The molecule has 5 nitrogen and oxygen atoms in total. The summed E-state index contributed by atoms with van der Waals surface area (Å²) >= 11 is 10.8. The Hall–Kier alpha value is -2.12. The molecule has 0 saturated carbocycles. The Balaban J connectivity index is 0.000000219. The summed E-state index contributed by atoms with van der Waals surface area (Å²) in [6.07, 6.45) is 0. The minimum Gasteiger partial charge on any atom is -0.396 e. The van der Waals surface area contributed by atoms with Crippen LogP contribution in [0.25, 0.3) is 0 Å². The third kappa shape index (κ3) is 4.73. The Bertz CT molecular complexity index is 684. The Morgan fingerprint density at radius 3 is 2.05 bits per heavy atom. The number of hydrogen-bond donors (Lipinski definition) is 2. The molecule has 0 unspecified atom stereocenters. The van der Waals surface area contributed by atoms with Crippen LogP contribution in [-0.2, 0) is 0 Å². The van der Waals surface area contributed by atoms with Gasteiger partial charge in [0.15, 0.2) is 0 Å². The van der Waals surface area contributed by atoms with Gasteiger partial charge in [-0.1, -0.05) is 23.2 Å². The minimum atomic E-state index is -0.759. The molecule has 0 aliphatic carbocycles. The van der Waals surface area contributed by atoms with Crippen LogP contribution < -0.4 is 11.5 Å². The van der Waals surface area contributed by atoms with Gasteiger partial charge >= 0.3 is 0 Å². The topological polar surface area (TPSA) is 95.2 Å². The van der Waals surface area contributed by atoms with Crippen molar-refractivity contribution in [2.24, 2.45) is 0 Å². The van der Waals surface area contributed by atoms with Crippen molar-refractivity contribution in [1.29, 1.82) is 0 Å². The van der Waals surface area contributed by atoms with Crippen LogP contribution in [0.1, 0.15) is 0 Å². The van der Waals surface area contributed by atoms with Gasteiger partial charge in [0.25, 0.3) is 5.69 Å². The second kappa shape index (κ2) is 7.05. The second-order valence-electron chi connectivity index (χ2n) is 3.75. The molecule has 2 rings (SSSR count). The lowest BCUT2D eigenvalue weighted by Gasteiger charge is -1.97. The fourth-order valence-corrected chi connectivity index (χ4v) is 1.57. The molecule has 0 heterocycles. The lowest BCUT2D eigenvalue weighted by molar-refractivity contribution is -0.384. The zero-order valence-corrected chi connectivity index (χ0v) is 11.8. The first-order valence-corrected chi connectivity index (χ1v) is 6.07. The number of halogens is 4. The van der Waals surface area contributed by atoms with E-state index in [1.54, 1.807) is 6.07 Å². The van der Waals surface area contributed by atoms with Crippen LogP contribution in [0.3, 0.4) is 0 Å². The van der Waals surface area contributed by atoms with Crippen molar-refractivity contribution in [2.45, 2.75) is 0 Å². The smallest absolute Gasteiger partial charge is 0.290 e. The van der Waals surface area contributed by atoms with Gasteiger partial charge in [0, 0.05) is 17.2 Å². The Morgan fingerprint density at radius 2 is 1.57 bits per heavy atom. The Labute approximate surface area is 128 Å². The minimum absolute atomic E-state index is 0.124. The molecule has 2 aromatic carbocycles. The van der Waals surface area contributed by atoms with E-state index in [-0.39, 0.29) is 16.4 Å². The number of nitrogen functional groups attached to an aromatic ring is 2. The Morgan fingerprint density at radius 1 is 1.00 bits per heavy atom. The van der Waals surface area contributed by atoms with Crippen molar-refractivity contribution in [3.63, 3.8) is 0 Å². The lowest BCUT2D eigenvalue weighted by Crippen LogP contribution is -1.95. The summed E-state index contributed by atoms with van der Waals surface area (Å²) < 4.78 is 25.0. The van der Waals surface area contributed by atoms with Crippen molar-refractivity contribution in [2.75, 3.05) is 11.5 Å². The highest BCUT2D eigenvalue weighted by Crippen LogP contribution is 2.28. The molecule has 0 bridgehead atoms. The van der Waals surface area contributed by atoms with Gasteiger partial charge in [-0.15, -0.1) is 0 Å². The van der Waals surface area contributed by atoms with Crippen LogP contribution >= 0.6 is 23.2 Å². The number of nitrogens with zero attached hydrogens (tertiary/aromatic N) is 1. The number of anilines is 2. The third-order valence-electron chi connectivity index (χ3n) is 2.23. The molecular weight excluding hydrogens is 327 g/mol. The van der Waals surface area contributed by atoms with Gasteiger partial charge in [-0.25, -0.2) is 8.78 Å². The molecular formula is C12H9Cl2F2N3O2. The largest absolute Gasteiger partial charge is 0.396 e. The number of benzene rings is 2. The normalized spacial score (nSPS) is 9.71. The predicted molar refractivity (Wildman–Crippen MR) is 78.3 cm³/mol. The average Bonchev–Trinajstić information content (AvgIpc) is 2.39. The van der Waals surface area contributed by atoms with E-state index in [1.807, 2.05) is 0 Å². The molecule has 4 N–H and O–H groups in total. The molecule has 0 atom stereocenters. The zero-order valence-electron chi connectivity index (χ0n) is 10.3. The van der Waals surface area contributed by atoms with E-state index in [0.29, 0.717) is 5.02 Å². The fraction of sp³-hybridized carbons (Fsp3) is 0.